The van der Waals surface area contributed by atoms with E-state index in [1.54, 1.807) is 6.20 Å². The number of esters is 1. The Hall–Kier alpha value is -2.46. The lowest BCUT2D eigenvalue weighted by Crippen LogP contribution is -2.07. The molecule has 34 heavy (non-hydrogen) atoms. The summed E-state index contributed by atoms with van der Waals surface area (Å²) in [5.41, 5.74) is 3.30. The Bertz CT molecular complexity index is 812. The van der Waals surface area contributed by atoms with Crippen molar-refractivity contribution in [2.24, 2.45) is 0 Å². The van der Waals surface area contributed by atoms with Crippen molar-refractivity contribution in [1.29, 1.82) is 0 Å². The van der Waals surface area contributed by atoms with Gasteiger partial charge in [0.2, 0.25) is 0 Å². The smallest absolute Gasteiger partial charge is 0.311 e. The Balaban J connectivity index is 1.66. The fourth-order valence-corrected chi connectivity index (χ4v) is 3.68. The number of ether oxygens (including phenoxy) is 2. The van der Waals surface area contributed by atoms with Crippen LogP contribution in [0.2, 0.25) is 0 Å². The van der Waals surface area contributed by atoms with E-state index >= 15 is 0 Å². The highest BCUT2D eigenvalue weighted by atomic mass is 16.5. The topological polar surface area (TPSA) is 48.4 Å². The number of unbranched alkanes of at least 4 members (excludes halogenated alkanes) is 6. The van der Waals surface area contributed by atoms with Crippen LogP contribution in [0.4, 0.5) is 0 Å². The average molecular weight is 466 g/mol. The zero-order chi connectivity index (χ0) is 24.3. The van der Waals surface area contributed by atoms with Gasteiger partial charge in [-0.2, -0.15) is 0 Å². The fourth-order valence-electron chi connectivity index (χ4n) is 3.68. The third-order valence-electron chi connectivity index (χ3n) is 5.71. The zero-order valence-corrected chi connectivity index (χ0v) is 21.3. The minimum Gasteiger partial charge on any atom is -0.425 e. The number of nitrogens with zero attached hydrogens (tertiary/aromatic N) is 1. The van der Waals surface area contributed by atoms with E-state index in [0.717, 1.165) is 69.4 Å². The van der Waals surface area contributed by atoms with Crippen LogP contribution in [0.5, 0.6) is 5.75 Å². The van der Waals surface area contributed by atoms with Gasteiger partial charge < -0.3 is 9.47 Å². The summed E-state index contributed by atoms with van der Waals surface area (Å²) in [6.45, 7) is 6.09. The lowest BCUT2D eigenvalue weighted by atomic mass is 10.0. The molecule has 0 aliphatic carbocycles. The second-order valence-electron chi connectivity index (χ2n) is 8.83. The lowest BCUT2D eigenvalue weighted by molar-refractivity contribution is -0.134. The van der Waals surface area contributed by atoms with Crippen molar-refractivity contribution in [3.8, 4) is 17.0 Å². The van der Waals surface area contributed by atoms with Gasteiger partial charge in [0.05, 0.1) is 11.9 Å². The highest BCUT2D eigenvalue weighted by Crippen LogP contribution is 2.21. The first-order chi connectivity index (χ1) is 16.7. The quantitative estimate of drug-likeness (QED) is 0.127. The Morgan fingerprint density at radius 1 is 0.824 bits per heavy atom. The Morgan fingerprint density at radius 3 is 2.32 bits per heavy atom. The van der Waals surface area contributed by atoms with Gasteiger partial charge in [-0.25, -0.2) is 0 Å². The molecule has 0 aliphatic heterocycles. The van der Waals surface area contributed by atoms with Crippen LogP contribution in [-0.2, 0) is 16.0 Å². The van der Waals surface area contributed by atoms with Gasteiger partial charge in [-0.15, -0.1) is 0 Å². The average Bonchev–Trinajstić information content (AvgIpc) is 2.86. The predicted molar refractivity (Wildman–Crippen MR) is 141 cm³/mol. The lowest BCUT2D eigenvalue weighted by Gasteiger charge is -2.07. The summed E-state index contributed by atoms with van der Waals surface area (Å²) in [5, 5.41) is 0. The summed E-state index contributed by atoms with van der Waals surface area (Å²) in [6.07, 6.45) is 18.8. The maximum atomic E-state index is 12.1. The van der Waals surface area contributed by atoms with Gasteiger partial charge in [-0.1, -0.05) is 69.5 Å². The van der Waals surface area contributed by atoms with Crippen LogP contribution in [0.1, 0.15) is 90.0 Å². The van der Waals surface area contributed by atoms with Crippen molar-refractivity contribution >= 4 is 5.97 Å². The van der Waals surface area contributed by atoms with Gasteiger partial charge in [-0.3, -0.25) is 9.78 Å². The summed E-state index contributed by atoms with van der Waals surface area (Å²) in [5.74, 6) is 0.318. The molecular weight excluding hydrogens is 422 g/mol. The molecule has 2 rings (SSSR count). The van der Waals surface area contributed by atoms with Crippen LogP contribution < -0.4 is 4.74 Å². The maximum Gasteiger partial charge on any atom is 0.311 e. The number of hydrogen-bond acceptors (Lipinski definition) is 4. The minimum absolute atomic E-state index is 0.189. The molecule has 2 aromatic rings. The molecule has 0 aliphatic rings. The number of pyridine rings is 1. The molecule has 0 spiro atoms. The summed E-state index contributed by atoms with van der Waals surface area (Å²) in [6, 6.07) is 12.3. The van der Waals surface area contributed by atoms with Crippen molar-refractivity contribution < 1.29 is 14.3 Å². The first-order valence-corrected chi connectivity index (χ1v) is 13.2. The van der Waals surface area contributed by atoms with Gasteiger partial charge in [-0.05, 0) is 69.1 Å². The van der Waals surface area contributed by atoms with Crippen molar-refractivity contribution in [3.05, 3.63) is 60.3 Å². The van der Waals surface area contributed by atoms with Crippen molar-refractivity contribution in [3.63, 3.8) is 0 Å². The Kier molecular flexibility index (Phi) is 14.7. The molecule has 4 nitrogen and oxygen atoms in total. The maximum absolute atomic E-state index is 12.1. The molecule has 0 radical (unpaired) electrons. The minimum atomic E-state index is -0.189. The summed E-state index contributed by atoms with van der Waals surface area (Å²) in [4.78, 5) is 16.6. The van der Waals surface area contributed by atoms with E-state index in [4.69, 9.17) is 9.47 Å². The van der Waals surface area contributed by atoms with E-state index in [9.17, 15) is 4.79 Å². The van der Waals surface area contributed by atoms with Crippen LogP contribution in [-0.4, -0.2) is 24.2 Å². The van der Waals surface area contributed by atoms with Gasteiger partial charge in [0.25, 0.3) is 0 Å². The van der Waals surface area contributed by atoms with Crippen LogP contribution in [0.3, 0.4) is 0 Å². The number of hydrogen-bond donors (Lipinski definition) is 0. The summed E-state index contributed by atoms with van der Waals surface area (Å²) >= 11 is 0. The van der Waals surface area contributed by atoms with Crippen LogP contribution in [0.15, 0.2) is 54.7 Å². The molecule has 1 aromatic carbocycles. The number of benzene rings is 1. The normalized spacial score (nSPS) is 11.2. The second-order valence-corrected chi connectivity index (χ2v) is 8.83. The third kappa shape index (κ3) is 12.1. The van der Waals surface area contributed by atoms with E-state index in [1.165, 1.54) is 31.2 Å². The van der Waals surface area contributed by atoms with Gasteiger partial charge in [0, 0.05) is 25.2 Å². The number of carbonyl (C=O) groups excluding carboxylic acids is 1. The number of carbonyl (C=O) groups is 1. The molecule has 0 N–H and O–H groups in total. The standard InChI is InChI=1S/C30H43NO3/c1-3-5-6-7-8-9-10-13-16-30(32)34-28-21-22-29(31-25-28)27-19-17-26(18-20-27)15-12-11-14-24-33-23-4-2/h7-8,17-22,25H,3-6,9-16,23-24H2,1-2H3/b8-7+. The monoisotopic (exact) mass is 465 g/mol. The van der Waals surface area contributed by atoms with Crippen molar-refractivity contribution in [2.45, 2.75) is 90.9 Å². The first kappa shape index (κ1) is 27.8. The number of allylic oxidation sites excluding steroid dienone is 2. The van der Waals surface area contributed by atoms with E-state index in [-0.39, 0.29) is 5.97 Å². The van der Waals surface area contributed by atoms with Gasteiger partial charge >= 0.3 is 5.97 Å². The summed E-state index contributed by atoms with van der Waals surface area (Å²) < 4.78 is 11.0. The van der Waals surface area contributed by atoms with E-state index in [1.807, 2.05) is 12.1 Å². The Labute approximate surface area is 206 Å². The van der Waals surface area contributed by atoms with Crippen molar-refractivity contribution in [2.75, 3.05) is 13.2 Å². The molecule has 1 heterocycles. The molecule has 1 aromatic heterocycles. The molecular formula is C30H43NO3. The number of aromatic nitrogens is 1. The SMILES string of the molecule is CCCC/C=C/CCCCC(=O)Oc1ccc(-c2ccc(CCCCCOCCC)cc2)nc1. The van der Waals surface area contributed by atoms with Crippen molar-refractivity contribution in [1.82, 2.24) is 4.98 Å². The Morgan fingerprint density at radius 2 is 1.62 bits per heavy atom. The number of rotatable bonds is 18. The van der Waals surface area contributed by atoms with E-state index < -0.39 is 0 Å². The molecule has 0 saturated heterocycles. The van der Waals surface area contributed by atoms with Crippen LogP contribution >= 0.6 is 0 Å². The molecule has 186 valence electrons. The molecule has 0 unspecified atom stereocenters. The predicted octanol–water partition coefficient (Wildman–Crippen LogP) is 8.10. The molecule has 0 bridgehead atoms. The molecule has 0 atom stereocenters. The van der Waals surface area contributed by atoms with Crippen LogP contribution in [0, 0.1) is 0 Å². The molecule has 0 saturated carbocycles. The number of aryl methyl sites for hydroxylation is 1. The van der Waals surface area contributed by atoms with E-state index in [2.05, 4.69) is 55.2 Å². The molecule has 0 amide bonds. The third-order valence-corrected chi connectivity index (χ3v) is 5.71. The first-order valence-electron chi connectivity index (χ1n) is 13.2. The second kappa shape index (κ2) is 17.9. The largest absolute Gasteiger partial charge is 0.425 e. The fraction of sp³-hybridized carbons (Fsp3) is 0.533. The molecule has 0 fully saturated rings. The summed E-state index contributed by atoms with van der Waals surface area (Å²) in [7, 11) is 0. The van der Waals surface area contributed by atoms with Crippen LogP contribution in [0.25, 0.3) is 11.3 Å². The zero-order valence-electron chi connectivity index (χ0n) is 21.3. The molecule has 4 heteroatoms. The van der Waals surface area contributed by atoms with Gasteiger partial charge in [0.1, 0.15) is 5.75 Å². The highest BCUT2D eigenvalue weighted by Gasteiger charge is 2.06. The highest BCUT2D eigenvalue weighted by molar-refractivity contribution is 5.72. The van der Waals surface area contributed by atoms with Gasteiger partial charge in [0.15, 0.2) is 0 Å². The van der Waals surface area contributed by atoms with E-state index in [0.29, 0.717) is 12.2 Å².